The van der Waals surface area contributed by atoms with Gasteiger partial charge in [0.2, 0.25) is 0 Å². The van der Waals surface area contributed by atoms with Gasteiger partial charge in [0.05, 0.1) is 39.2 Å². The summed E-state index contributed by atoms with van der Waals surface area (Å²) in [5.41, 5.74) is 3.13. The average molecular weight is 543 g/mol. The lowest BCUT2D eigenvalue weighted by Gasteiger charge is -2.15. The number of carbonyl (C=O) groups is 4. The SMILES string of the molecule is Cc1nc2ccccc2c2c1C(=O)N(c1cccc(C(=O)OCc3ccc(C(=O)Oc4ccccc4)cc3)c1)C2=O. The Morgan fingerprint density at radius 3 is 2.22 bits per heavy atom. The number of imide groups is 1. The topological polar surface area (TPSA) is 103 Å². The lowest BCUT2D eigenvalue weighted by Crippen LogP contribution is -2.29. The Kier molecular flexibility index (Phi) is 6.57. The number of nitrogens with zero attached hydrogens (tertiary/aromatic N) is 2. The molecule has 0 aliphatic carbocycles. The molecule has 8 nitrogen and oxygen atoms in total. The van der Waals surface area contributed by atoms with Crippen molar-refractivity contribution in [2.24, 2.45) is 0 Å². The van der Waals surface area contributed by atoms with Gasteiger partial charge in [-0.15, -0.1) is 0 Å². The van der Waals surface area contributed by atoms with E-state index in [1.807, 2.05) is 12.1 Å². The van der Waals surface area contributed by atoms with Crippen molar-refractivity contribution in [3.8, 4) is 5.75 Å². The summed E-state index contributed by atoms with van der Waals surface area (Å²) >= 11 is 0. The third-order valence-electron chi connectivity index (χ3n) is 6.76. The molecule has 200 valence electrons. The number of anilines is 1. The van der Waals surface area contributed by atoms with Gasteiger partial charge in [0, 0.05) is 5.39 Å². The molecule has 8 heteroatoms. The highest BCUT2D eigenvalue weighted by Crippen LogP contribution is 2.34. The zero-order chi connectivity index (χ0) is 28.5. The molecule has 2 heterocycles. The van der Waals surface area contributed by atoms with Crippen LogP contribution in [0.25, 0.3) is 10.9 Å². The van der Waals surface area contributed by atoms with Crippen molar-refractivity contribution in [2.75, 3.05) is 4.90 Å². The summed E-state index contributed by atoms with van der Waals surface area (Å²) < 4.78 is 10.8. The summed E-state index contributed by atoms with van der Waals surface area (Å²) in [7, 11) is 0. The minimum Gasteiger partial charge on any atom is -0.457 e. The molecule has 0 unspecified atom stereocenters. The number of hydrogen-bond acceptors (Lipinski definition) is 7. The monoisotopic (exact) mass is 542 g/mol. The van der Waals surface area contributed by atoms with Gasteiger partial charge in [-0.25, -0.2) is 14.5 Å². The van der Waals surface area contributed by atoms with Gasteiger partial charge in [0.1, 0.15) is 12.4 Å². The van der Waals surface area contributed by atoms with Crippen LogP contribution >= 0.6 is 0 Å². The number of aryl methyl sites for hydroxylation is 1. The second-order valence-electron chi connectivity index (χ2n) is 9.44. The summed E-state index contributed by atoms with van der Waals surface area (Å²) in [6.45, 7) is 1.66. The van der Waals surface area contributed by atoms with Gasteiger partial charge in [0.15, 0.2) is 0 Å². The van der Waals surface area contributed by atoms with Crippen molar-refractivity contribution >= 4 is 40.3 Å². The van der Waals surface area contributed by atoms with Crippen molar-refractivity contribution in [2.45, 2.75) is 13.5 Å². The molecular formula is C33H22N2O6. The molecule has 1 aliphatic heterocycles. The van der Waals surface area contributed by atoms with Crippen molar-refractivity contribution in [3.63, 3.8) is 0 Å². The number of rotatable bonds is 6. The van der Waals surface area contributed by atoms with Crippen LogP contribution in [0.15, 0.2) is 103 Å². The molecule has 5 aromatic rings. The molecule has 6 rings (SSSR count). The first-order valence-electron chi connectivity index (χ1n) is 12.8. The van der Waals surface area contributed by atoms with Crippen molar-refractivity contribution in [3.05, 3.63) is 137 Å². The Morgan fingerprint density at radius 1 is 0.732 bits per heavy atom. The number of para-hydroxylation sites is 2. The van der Waals surface area contributed by atoms with E-state index in [0.29, 0.717) is 39.0 Å². The third-order valence-corrected chi connectivity index (χ3v) is 6.76. The third kappa shape index (κ3) is 4.83. The van der Waals surface area contributed by atoms with E-state index in [-0.39, 0.29) is 23.4 Å². The molecule has 0 atom stereocenters. The number of pyridine rings is 1. The van der Waals surface area contributed by atoms with Crippen LogP contribution in [0.3, 0.4) is 0 Å². The van der Waals surface area contributed by atoms with E-state index in [1.165, 1.54) is 6.07 Å². The first kappa shape index (κ1) is 25.6. The quantitative estimate of drug-likeness (QED) is 0.149. The molecule has 1 aromatic heterocycles. The molecule has 0 spiro atoms. The number of hydrogen-bond donors (Lipinski definition) is 0. The normalized spacial score (nSPS) is 12.4. The van der Waals surface area contributed by atoms with E-state index in [4.69, 9.17) is 9.47 Å². The lowest BCUT2D eigenvalue weighted by atomic mass is 10.0. The zero-order valence-corrected chi connectivity index (χ0v) is 21.9. The van der Waals surface area contributed by atoms with Crippen LogP contribution in [-0.2, 0) is 11.3 Å². The number of aromatic nitrogens is 1. The molecule has 41 heavy (non-hydrogen) atoms. The fraction of sp³-hybridized carbons (Fsp3) is 0.0606. The Bertz CT molecular complexity index is 1850. The van der Waals surface area contributed by atoms with E-state index in [9.17, 15) is 19.2 Å². The summed E-state index contributed by atoms with van der Waals surface area (Å²) in [6.07, 6.45) is 0. The summed E-state index contributed by atoms with van der Waals surface area (Å²) in [5.74, 6) is -1.64. The number of benzene rings is 4. The molecule has 0 saturated carbocycles. The number of ether oxygens (including phenoxy) is 2. The second kappa shape index (κ2) is 10.5. The Morgan fingerprint density at radius 2 is 1.44 bits per heavy atom. The van der Waals surface area contributed by atoms with Crippen LogP contribution in [-0.4, -0.2) is 28.7 Å². The highest BCUT2D eigenvalue weighted by Gasteiger charge is 2.40. The van der Waals surface area contributed by atoms with Gasteiger partial charge in [-0.05, 0) is 61.0 Å². The van der Waals surface area contributed by atoms with Gasteiger partial charge >= 0.3 is 11.9 Å². The standard InChI is InChI=1S/C33H22N2O6/c1-20-28-29(26-12-5-6-13-27(26)34-20)31(37)35(30(28)36)24-9-7-8-23(18-24)32(38)40-19-21-14-16-22(17-15-21)33(39)41-25-10-3-2-4-11-25/h2-18H,19H2,1H3. The first-order chi connectivity index (χ1) is 19.9. The van der Waals surface area contributed by atoms with Crippen molar-refractivity contribution in [1.29, 1.82) is 0 Å². The maximum atomic E-state index is 13.5. The van der Waals surface area contributed by atoms with E-state index >= 15 is 0 Å². The minimum atomic E-state index is -0.626. The van der Waals surface area contributed by atoms with E-state index in [1.54, 1.807) is 91.9 Å². The summed E-state index contributed by atoms with van der Waals surface area (Å²) in [4.78, 5) is 57.6. The molecule has 0 bridgehead atoms. The number of amides is 2. The highest BCUT2D eigenvalue weighted by atomic mass is 16.5. The largest absolute Gasteiger partial charge is 0.457 e. The Balaban J connectivity index is 1.15. The molecule has 0 radical (unpaired) electrons. The number of fused-ring (bicyclic) bond motifs is 3. The lowest BCUT2D eigenvalue weighted by molar-refractivity contribution is 0.0471. The maximum absolute atomic E-state index is 13.5. The fourth-order valence-electron chi connectivity index (χ4n) is 4.76. The van der Waals surface area contributed by atoms with E-state index < -0.39 is 23.8 Å². The molecule has 0 saturated heterocycles. The first-order valence-corrected chi connectivity index (χ1v) is 12.8. The van der Waals surface area contributed by atoms with Crippen LogP contribution in [0.1, 0.15) is 52.7 Å². The van der Waals surface area contributed by atoms with E-state index in [0.717, 1.165) is 4.90 Å². The van der Waals surface area contributed by atoms with Gasteiger partial charge in [0.25, 0.3) is 11.8 Å². The highest BCUT2D eigenvalue weighted by molar-refractivity contribution is 6.37. The maximum Gasteiger partial charge on any atom is 0.343 e. The zero-order valence-electron chi connectivity index (χ0n) is 21.9. The Labute approximate surface area is 234 Å². The van der Waals surface area contributed by atoms with Crippen LogP contribution in [0.2, 0.25) is 0 Å². The average Bonchev–Trinajstić information content (AvgIpc) is 3.27. The van der Waals surface area contributed by atoms with Crippen molar-refractivity contribution in [1.82, 2.24) is 4.98 Å². The van der Waals surface area contributed by atoms with Gasteiger partial charge in [-0.3, -0.25) is 14.6 Å². The Hall–Kier alpha value is -5.63. The summed E-state index contributed by atoms with van der Waals surface area (Å²) in [5, 5.41) is 0.601. The second-order valence-corrected chi connectivity index (χ2v) is 9.44. The van der Waals surface area contributed by atoms with Gasteiger partial charge in [-0.1, -0.05) is 54.6 Å². The van der Waals surface area contributed by atoms with Crippen LogP contribution < -0.4 is 9.64 Å². The molecular weight excluding hydrogens is 520 g/mol. The fourth-order valence-corrected chi connectivity index (χ4v) is 4.76. The van der Waals surface area contributed by atoms with Crippen LogP contribution in [0.5, 0.6) is 5.75 Å². The smallest absolute Gasteiger partial charge is 0.343 e. The summed E-state index contributed by atoms with van der Waals surface area (Å²) in [6, 6.07) is 28.7. The van der Waals surface area contributed by atoms with Gasteiger partial charge < -0.3 is 9.47 Å². The predicted octanol–water partition coefficient (Wildman–Crippen LogP) is 5.92. The van der Waals surface area contributed by atoms with Crippen LogP contribution in [0.4, 0.5) is 5.69 Å². The van der Waals surface area contributed by atoms with E-state index in [2.05, 4.69) is 4.98 Å². The molecule has 4 aromatic carbocycles. The van der Waals surface area contributed by atoms with Crippen molar-refractivity contribution < 1.29 is 28.7 Å². The number of esters is 2. The van der Waals surface area contributed by atoms with Crippen LogP contribution in [0, 0.1) is 6.92 Å². The molecule has 0 fully saturated rings. The minimum absolute atomic E-state index is 0.0407. The van der Waals surface area contributed by atoms with Gasteiger partial charge in [-0.2, -0.15) is 0 Å². The molecule has 0 N–H and O–H groups in total. The molecule has 2 amide bonds. The number of carbonyl (C=O) groups excluding carboxylic acids is 4. The molecule has 1 aliphatic rings. The predicted molar refractivity (Wildman–Crippen MR) is 151 cm³/mol.